The lowest BCUT2D eigenvalue weighted by Gasteiger charge is -2.36. The van der Waals surface area contributed by atoms with Crippen molar-refractivity contribution in [3.05, 3.63) is 0 Å². The molecular formula is C12H28NO4P. The van der Waals surface area contributed by atoms with Crippen molar-refractivity contribution >= 4 is 7.60 Å². The Morgan fingerprint density at radius 2 is 1.44 bits per heavy atom. The van der Waals surface area contributed by atoms with Gasteiger partial charge in [-0.25, -0.2) is 0 Å². The lowest BCUT2D eigenvalue weighted by atomic mass is 9.92. The van der Waals surface area contributed by atoms with Gasteiger partial charge in [0, 0.05) is 0 Å². The van der Waals surface area contributed by atoms with Crippen LogP contribution in [0.2, 0.25) is 0 Å². The van der Waals surface area contributed by atoms with E-state index < -0.39 is 19.0 Å². The van der Waals surface area contributed by atoms with Crippen LogP contribution in [0.5, 0.6) is 0 Å². The zero-order valence-electron chi connectivity index (χ0n) is 11.5. The summed E-state index contributed by atoms with van der Waals surface area (Å²) in [6.07, 6.45) is 4.18. The molecule has 0 heterocycles. The molecule has 1 atom stereocenters. The van der Waals surface area contributed by atoms with E-state index in [-0.39, 0.29) is 12.8 Å². The second-order valence-electron chi connectivity index (χ2n) is 5.01. The first-order chi connectivity index (χ1) is 8.31. The van der Waals surface area contributed by atoms with E-state index in [4.69, 9.17) is 5.73 Å². The first-order valence-electron chi connectivity index (χ1n) is 6.81. The molecule has 0 bridgehead atoms. The van der Waals surface area contributed by atoms with Gasteiger partial charge in [0.2, 0.25) is 0 Å². The Hall–Kier alpha value is 0.0700. The Labute approximate surface area is 110 Å². The van der Waals surface area contributed by atoms with Gasteiger partial charge < -0.3 is 20.6 Å². The lowest BCUT2D eigenvalue weighted by Crippen LogP contribution is -2.47. The molecule has 0 aromatic rings. The molecule has 1 unspecified atom stereocenters. The summed E-state index contributed by atoms with van der Waals surface area (Å²) in [7, 11) is -4.42. The molecule has 0 spiro atoms. The summed E-state index contributed by atoms with van der Waals surface area (Å²) in [6.45, 7) is 4.05. The van der Waals surface area contributed by atoms with E-state index in [2.05, 4.69) is 0 Å². The van der Waals surface area contributed by atoms with Crippen molar-refractivity contribution in [2.24, 2.45) is 5.73 Å². The fourth-order valence-corrected chi connectivity index (χ4v) is 3.49. The van der Waals surface area contributed by atoms with Crippen LogP contribution in [0.1, 0.15) is 65.2 Å². The second kappa shape index (κ2) is 8.28. The molecule has 18 heavy (non-hydrogen) atoms. The number of hydrogen-bond acceptors (Lipinski definition) is 3. The van der Waals surface area contributed by atoms with Crippen LogP contribution < -0.4 is 5.73 Å². The van der Waals surface area contributed by atoms with Crippen LogP contribution in [-0.2, 0) is 4.57 Å². The third-order valence-corrected chi connectivity index (χ3v) is 5.43. The summed E-state index contributed by atoms with van der Waals surface area (Å²) in [4.78, 5) is 19.1. The zero-order chi connectivity index (χ0) is 14.2. The van der Waals surface area contributed by atoms with E-state index in [0.717, 1.165) is 25.7 Å². The zero-order valence-corrected chi connectivity index (χ0v) is 12.4. The second-order valence-corrected chi connectivity index (χ2v) is 6.99. The van der Waals surface area contributed by atoms with Gasteiger partial charge in [-0.2, -0.15) is 0 Å². The predicted octanol–water partition coefficient (Wildman–Crippen LogP) is 2.34. The van der Waals surface area contributed by atoms with Gasteiger partial charge in [-0.3, -0.25) is 4.57 Å². The molecule has 0 aromatic heterocycles. The molecule has 5 N–H and O–H groups in total. The highest BCUT2D eigenvalue weighted by molar-refractivity contribution is 7.53. The average molecular weight is 281 g/mol. The molecule has 0 fully saturated rings. The van der Waals surface area contributed by atoms with Crippen molar-refractivity contribution < 1.29 is 19.5 Å². The van der Waals surface area contributed by atoms with Gasteiger partial charge in [-0.05, 0) is 12.8 Å². The maximum atomic E-state index is 11.7. The van der Waals surface area contributed by atoms with Gasteiger partial charge >= 0.3 is 7.60 Å². The minimum absolute atomic E-state index is 0.284. The number of unbranched alkanes of at least 4 members (excludes halogenated alkanes) is 4. The van der Waals surface area contributed by atoms with E-state index in [1.165, 1.54) is 0 Å². The van der Waals surface area contributed by atoms with Crippen molar-refractivity contribution in [2.45, 2.75) is 76.6 Å². The van der Waals surface area contributed by atoms with Crippen LogP contribution in [0.4, 0.5) is 0 Å². The van der Waals surface area contributed by atoms with Crippen molar-refractivity contribution in [1.29, 1.82) is 0 Å². The number of nitrogens with two attached hydrogens (primary N) is 1. The summed E-state index contributed by atoms with van der Waals surface area (Å²) in [5.41, 5.74) is 5.49. The molecule has 6 heteroatoms. The van der Waals surface area contributed by atoms with Crippen LogP contribution in [0, 0.1) is 0 Å². The van der Waals surface area contributed by atoms with Crippen molar-refractivity contribution in [3.63, 3.8) is 0 Å². The molecule has 0 amide bonds. The summed E-state index contributed by atoms with van der Waals surface area (Å²) >= 11 is 0. The molecule has 0 aliphatic rings. The molecule has 0 aromatic carbocycles. The molecule has 0 radical (unpaired) electrons. The van der Waals surface area contributed by atoms with Crippen molar-refractivity contribution in [3.8, 4) is 0 Å². The van der Waals surface area contributed by atoms with Gasteiger partial charge in [-0.1, -0.05) is 52.4 Å². The molecule has 0 saturated carbocycles. The Morgan fingerprint density at radius 3 is 1.67 bits per heavy atom. The normalized spacial score (nSPS) is 14.8. The van der Waals surface area contributed by atoms with Crippen LogP contribution in [0.15, 0.2) is 0 Å². The van der Waals surface area contributed by atoms with E-state index in [0.29, 0.717) is 12.8 Å². The van der Waals surface area contributed by atoms with Gasteiger partial charge in [0.15, 0.2) is 0 Å². The fraction of sp³-hybridized carbons (Fsp3) is 1.00. The minimum Gasteiger partial charge on any atom is -0.378 e. The largest absolute Gasteiger partial charge is 0.378 e. The quantitative estimate of drug-likeness (QED) is 0.279. The maximum Gasteiger partial charge on any atom is 0.335 e. The topological polar surface area (TPSA) is 104 Å². The fourth-order valence-electron chi connectivity index (χ4n) is 2.25. The van der Waals surface area contributed by atoms with E-state index >= 15 is 0 Å². The van der Waals surface area contributed by atoms with Gasteiger partial charge in [0.25, 0.3) is 0 Å². The SMILES string of the molecule is CCCCCC(CCCCC)(C(N)O)P(=O)(O)O. The summed E-state index contributed by atoms with van der Waals surface area (Å²) in [6, 6.07) is 0. The highest BCUT2D eigenvalue weighted by Gasteiger charge is 2.50. The van der Waals surface area contributed by atoms with E-state index in [1.807, 2.05) is 13.8 Å². The maximum absolute atomic E-state index is 11.7. The Bertz CT molecular complexity index is 255. The highest BCUT2D eigenvalue weighted by Crippen LogP contribution is 2.57. The smallest absolute Gasteiger partial charge is 0.335 e. The van der Waals surface area contributed by atoms with Crippen LogP contribution >= 0.6 is 7.60 Å². The number of aliphatic hydroxyl groups is 1. The molecule has 0 aliphatic heterocycles. The Balaban J connectivity index is 4.87. The number of aliphatic hydroxyl groups excluding tert-OH is 1. The Morgan fingerprint density at radius 1 is 1.06 bits per heavy atom. The third kappa shape index (κ3) is 4.98. The molecule has 0 rings (SSSR count). The van der Waals surface area contributed by atoms with E-state index in [1.54, 1.807) is 0 Å². The molecule has 110 valence electrons. The number of rotatable bonds is 10. The van der Waals surface area contributed by atoms with Gasteiger partial charge in [0.05, 0.1) is 0 Å². The van der Waals surface area contributed by atoms with Crippen LogP contribution in [0.3, 0.4) is 0 Å². The monoisotopic (exact) mass is 281 g/mol. The molecule has 0 aliphatic carbocycles. The van der Waals surface area contributed by atoms with Crippen LogP contribution in [0.25, 0.3) is 0 Å². The highest BCUT2D eigenvalue weighted by atomic mass is 31.2. The Kier molecular flexibility index (Phi) is 8.31. The summed E-state index contributed by atoms with van der Waals surface area (Å²) in [5, 5.41) is 8.22. The predicted molar refractivity (Wildman–Crippen MR) is 73.3 cm³/mol. The van der Waals surface area contributed by atoms with Crippen LogP contribution in [-0.4, -0.2) is 26.3 Å². The van der Waals surface area contributed by atoms with Crippen molar-refractivity contribution in [2.75, 3.05) is 0 Å². The summed E-state index contributed by atoms with van der Waals surface area (Å²) < 4.78 is 11.7. The van der Waals surface area contributed by atoms with Gasteiger partial charge in [0.1, 0.15) is 11.4 Å². The summed E-state index contributed by atoms with van der Waals surface area (Å²) in [5.74, 6) is 0. The molecule has 0 saturated heterocycles. The first kappa shape index (κ1) is 18.1. The van der Waals surface area contributed by atoms with Gasteiger partial charge in [-0.15, -0.1) is 0 Å². The van der Waals surface area contributed by atoms with Crippen molar-refractivity contribution in [1.82, 2.24) is 0 Å². The molecule has 5 nitrogen and oxygen atoms in total. The minimum atomic E-state index is -4.42. The van der Waals surface area contributed by atoms with E-state index in [9.17, 15) is 19.5 Å². The first-order valence-corrected chi connectivity index (χ1v) is 8.42. The number of hydrogen-bond donors (Lipinski definition) is 4. The lowest BCUT2D eigenvalue weighted by molar-refractivity contribution is 0.0985. The standard InChI is InChI=1S/C12H28NO4P/c1-3-5-7-9-12(11(13)14,18(15,16)17)10-8-6-4-2/h11,14H,3-10,13H2,1-2H3,(H2,15,16,17). The average Bonchev–Trinajstić information content (AvgIpc) is 2.25. The molecular weight excluding hydrogens is 253 g/mol. The third-order valence-electron chi connectivity index (χ3n) is 3.56.